The third-order valence-electron chi connectivity index (χ3n) is 14.6. The predicted molar refractivity (Wildman–Crippen MR) is 199 cm³/mol. The van der Waals surface area contributed by atoms with E-state index in [1.165, 1.54) is 78.2 Å². The van der Waals surface area contributed by atoms with Crippen LogP contribution in [0.25, 0.3) is 0 Å². The Balaban J connectivity index is 1.31. The Morgan fingerprint density at radius 2 is 1.47 bits per heavy atom. The predicted octanol–water partition coefficient (Wildman–Crippen LogP) is 8.13. The van der Waals surface area contributed by atoms with Crippen LogP contribution in [-0.2, 0) is 47.6 Å². The minimum Gasteiger partial charge on any atom is -0.463 e. The van der Waals surface area contributed by atoms with Crippen LogP contribution in [0.15, 0.2) is 11.6 Å². The van der Waals surface area contributed by atoms with Crippen molar-refractivity contribution in [2.24, 2.45) is 52.3 Å². The fourth-order valence-electron chi connectivity index (χ4n) is 11.9. The smallest absolute Gasteiger partial charge is 0.303 e. The maximum Gasteiger partial charge on any atom is 0.303 e. The topological polar surface area (TPSA) is 124 Å². The summed E-state index contributed by atoms with van der Waals surface area (Å²) in [5.74, 6) is 2.78. The first kappa shape index (κ1) is 41.7. The average Bonchev–Trinajstić information content (AvgIpc) is 3.43. The summed E-state index contributed by atoms with van der Waals surface area (Å²) in [6, 6.07) is 0. The Labute approximate surface area is 318 Å². The Kier molecular flexibility index (Phi) is 13.5. The molecule has 4 aliphatic carbocycles. The minimum atomic E-state index is -1.24. The number of fused-ring (bicyclic) bond motifs is 5. The van der Waals surface area contributed by atoms with Gasteiger partial charge < -0.3 is 28.4 Å². The molecular formula is C43H68O10. The van der Waals surface area contributed by atoms with E-state index in [4.69, 9.17) is 28.4 Å². The van der Waals surface area contributed by atoms with Gasteiger partial charge in [0, 0.05) is 27.7 Å². The summed E-state index contributed by atoms with van der Waals surface area (Å²) < 4.78 is 35.1. The lowest BCUT2D eigenvalue weighted by atomic mass is 9.47. The SMILES string of the molecule is CC[C@H](CC[C@@H](C)[C@@H]1CC[C@@H]2[C@H]3CC=C4C[C@@H](O[C@@H]5O[C@H](COC(C)=O)[C@@H](OC(C)=O)[C@H](OC(C)=O)[C@H]5OC(C)=O)CC[C@]4(C)[C@H]3CC[C@@]21C)C(C)C. The molecule has 0 unspecified atom stereocenters. The van der Waals surface area contributed by atoms with Gasteiger partial charge in [-0.2, -0.15) is 0 Å². The van der Waals surface area contributed by atoms with Crippen molar-refractivity contribution in [2.75, 3.05) is 6.61 Å². The zero-order valence-corrected chi connectivity index (χ0v) is 34.2. The van der Waals surface area contributed by atoms with Gasteiger partial charge >= 0.3 is 23.9 Å². The molecular weight excluding hydrogens is 676 g/mol. The van der Waals surface area contributed by atoms with E-state index in [1.54, 1.807) is 0 Å². The highest BCUT2D eigenvalue weighted by molar-refractivity contribution is 5.68. The number of rotatable bonds is 13. The van der Waals surface area contributed by atoms with Crippen molar-refractivity contribution in [1.29, 1.82) is 0 Å². The largest absolute Gasteiger partial charge is 0.463 e. The molecule has 300 valence electrons. The van der Waals surface area contributed by atoms with Crippen molar-refractivity contribution in [3.63, 3.8) is 0 Å². The number of hydrogen-bond acceptors (Lipinski definition) is 10. The summed E-state index contributed by atoms with van der Waals surface area (Å²) in [7, 11) is 0. The fraction of sp³-hybridized carbons (Fsp3) is 0.860. The Hall–Kier alpha value is -2.46. The van der Waals surface area contributed by atoms with Gasteiger partial charge in [-0.15, -0.1) is 0 Å². The molecule has 14 atom stereocenters. The molecule has 1 aliphatic heterocycles. The summed E-state index contributed by atoms with van der Waals surface area (Å²) in [6.45, 7) is 19.5. The first-order valence-electron chi connectivity index (χ1n) is 20.6. The molecule has 0 radical (unpaired) electrons. The second kappa shape index (κ2) is 17.1. The van der Waals surface area contributed by atoms with E-state index in [0.717, 1.165) is 55.3 Å². The maximum atomic E-state index is 12.4. The molecule has 0 aromatic rings. The van der Waals surface area contributed by atoms with Crippen molar-refractivity contribution in [3.8, 4) is 0 Å². The van der Waals surface area contributed by atoms with Crippen LogP contribution in [0.4, 0.5) is 0 Å². The standard InChI is InChI=1S/C43H68O10/c1-11-30(24(2)3)13-12-25(4)34-16-17-35-33-15-14-31-22-32(18-20-42(31,9)36(33)19-21-43(34,35)10)52-41-40(51-29(8)47)39(50-28(7)46)38(49-27(6)45)37(53-41)23-48-26(5)44/h14,24-25,30,32-41H,11-13,15-23H2,1-10H3/t25-,30-,32+,33-,34+,35-,36+,37-,38-,39+,40-,41-,42+,43-/m1/s1. The van der Waals surface area contributed by atoms with Crippen LogP contribution in [0.1, 0.15) is 140 Å². The second-order valence-electron chi connectivity index (χ2n) is 18.0. The first-order chi connectivity index (χ1) is 25.0. The zero-order chi connectivity index (χ0) is 38.8. The third-order valence-corrected chi connectivity index (χ3v) is 14.6. The quantitative estimate of drug-likeness (QED) is 0.104. The molecule has 10 heteroatoms. The Bertz CT molecular complexity index is 1360. The van der Waals surface area contributed by atoms with Crippen molar-refractivity contribution in [1.82, 2.24) is 0 Å². The van der Waals surface area contributed by atoms with Crippen molar-refractivity contribution >= 4 is 23.9 Å². The van der Waals surface area contributed by atoms with E-state index < -0.39 is 54.6 Å². The van der Waals surface area contributed by atoms with Gasteiger partial charge in [-0.3, -0.25) is 19.2 Å². The molecule has 3 saturated carbocycles. The van der Waals surface area contributed by atoms with Gasteiger partial charge in [0.1, 0.15) is 12.7 Å². The fourth-order valence-corrected chi connectivity index (χ4v) is 11.9. The molecule has 0 amide bonds. The van der Waals surface area contributed by atoms with Crippen LogP contribution in [0.2, 0.25) is 0 Å². The van der Waals surface area contributed by atoms with Gasteiger partial charge in [-0.25, -0.2) is 0 Å². The molecule has 5 rings (SSSR count). The van der Waals surface area contributed by atoms with Crippen LogP contribution in [-0.4, -0.2) is 67.3 Å². The molecule has 1 heterocycles. The van der Waals surface area contributed by atoms with Crippen LogP contribution in [0, 0.1) is 52.3 Å². The van der Waals surface area contributed by atoms with Crippen molar-refractivity contribution in [2.45, 2.75) is 177 Å². The third kappa shape index (κ3) is 9.00. The van der Waals surface area contributed by atoms with Gasteiger partial charge in [0.25, 0.3) is 0 Å². The summed E-state index contributed by atoms with van der Waals surface area (Å²) >= 11 is 0. The lowest BCUT2D eigenvalue weighted by Crippen LogP contribution is -2.63. The molecule has 0 N–H and O–H groups in total. The van der Waals surface area contributed by atoms with E-state index in [1.807, 2.05) is 0 Å². The maximum absolute atomic E-state index is 12.4. The molecule has 1 saturated heterocycles. The lowest BCUT2D eigenvalue weighted by molar-refractivity contribution is -0.318. The molecule has 53 heavy (non-hydrogen) atoms. The van der Waals surface area contributed by atoms with Gasteiger partial charge in [-0.1, -0.05) is 66.0 Å². The number of carbonyl (C=O) groups excluding carboxylic acids is 4. The summed E-state index contributed by atoms with van der Waals surface area (Å²) in [6.07, 6.45) is 9.32. The van der Waals surface area contributed by atoms with E-state index in [-0.39, 0.29) is 18.1 Å². The highest BCUT2D eigenvalue weighted by Crippen LogP contribution is 2.67. The number of esters is 4. The Morgan fingerprint density at radius 3 is 2.09 bits per heavy atom. The normalized spacial score (nSPS) is 39.0. The number of carbonyl (C=O) groups is 4. The molecule has 0 aromatic carbocycles. The van der Waals surface area contributed by atoms with Crippen LogP contribution in [0.5, 0.6) is 0 Å². The molecule has 10 nitrogen and oxygen atoms in total. The number of allylic oxidation sites excluding steroid dienone is 1. The van der Waals surface area contributed by atoms with Crippen LogP contribution >= 0.6 is 0 Å². The van der Waals surface area contributed by atoms with Crippen LogP contribution < -0.4 is 0 Å². The lowest BCUT2D eigenvalue weighted by Gasteiger charge is -2.58. The van der Waals surface area contributed by atoms with E-state index >= 15 is 0 Å². The number of ether oxygens (including phenoxy) is 6. The first-order valence-corrected chi connectivity index (χ1v) is 20.6. The number of hydrogen-bond donors (Lipinski definition) is 0. The van der Waals surface area contributed by atoms with E-state index in [9.17, 15) is 19.2 Å². The summed E-state index contributed by atoms with van der Waals surface area (Å²) in [5, 5.41) is 0. The van der Waals surface area contributed by atoms with Gasteiger partial charge in [0.15, 0.2) is 24.6 Å². The summed E-state index contributed by atoms with van der Waals surface area (Å²) in [5.41, 5.74) is 1.95. The zero-order valence-electron chi connectivity index (χ0n) is 34.2. The summed E-state index contributed by atoms with van der Waals surface area (Å²) in [4.78, 5) is 48.6. The minimum absolute atomic E-state index is 0.0979. The molecule has 5 aliphatic rings. The van der Waals surface area contributed by atoms with Gasteiger partial charge in [0.05, 0.1) is 6.10 Å². The van der Waals surface area contributed by atoms with Gasteiger partial charge in [-0.05, 0) is 110 Å². The van der Waals surface area contributed by atoms with Gasteiger partial charge in [0.2, 0.25) is 0 Å². The highest BCUT2D eigenvalue weighted by atomic mass is 16.7. The van der Waals surface area contributed by atoms with E-state index in [0.29, 0.717) is 17.3 Å². The van der Waals surface area contributed by atoms with Crippen molar-refractivity contribution < 1.29 is 47.6 Å². The molecule has 0 spiro atoms. The van der Waals surface area contributed by atoms with Crippen LogP contribution in [0.3, 0.4) is 0 Å². The molecule has 0 aromatic heterocycles. The van der Waals surface area contributed by atoms with E-state index in [2.05, 4.69) is 47.6 Å². The molecule has 4 fully saturated rings. The Morgan fingerprint density at radius 1 is 0.811 bits per heavy atom. The molecule has 0 bridgehead atoms. The second-order valence-corrected chi connectivity index (χ2v) is 18.0. The average molecular weight is 745 g/mol. The van der Waals surface area contributed by atoms with Crippen molar-refractivity contribution in [3.05, 3.63) is 11.6 Å². The highest BCUT2D eigenvalue weighted by Gasteiger charge is 2.60. The monoisotopic (exact) mass is 744 g/mol.